The average molecular weight is 334 g/mol. The highest BCUT2D eigenvalue weighted by Crippen LogP contribution is 2.38. The predicted molar refractivity (Wildman–Crippen MR) is 89.9 cm³/mol. The molecule has 0 saturated heterocycles. The van der Waals surface area contributed by atoms with Crippen LogP contribution in [-0.4, -0.2) is 17.4 Å². The monoisotopic (exact) mass is 333 g/mol. The number of nitrogens with zero attached hydrogens (tertiary/aromatic N) is 2. The minimum Gasteiger partial charge on any atom is -0.380 e. The van der Waals surface area contributed by atoms with Crippen molar-refractivity contribution < 1.29 is 4.79 Å². The number of hydrogen-bond acceptors (Lipinski definition) is 4. The zero-order valence-corrected chi connectivity index (χ0v) is 13.6. The Morgan fingerprint density at radius 1 is 1.27 bits per heavy atom. The Labute approximate surface area is 138 Å². The number of hydrogen-bond donors (Lipinski definition) is 1. The Bertz CT molecular complexity index is 726. The van der Waals surface area contributed by atoms with Gasteiger partial charge in [0.2, 0.25) is 5.91 Å². The van der Waals surface area contributed by atoms with Crippen LogP contribution in [0.15, 0.2) is 18.3 Å². The van der Waals surface area contributed by atoms with E-state index in [2.05, 4.69) is 22.4 Å². The van der Waals surface area contributed by atoms with Gasteiger partial charge in [-0.1, -0.05) is 11.6 Å². The van der Waals surface area contributed by atoms with Gasteiger partial charge in [-0.05, 0) is 42.5 Å². The van der Waals surface area contributed by atoms with Gasteiger partial charge < -0.3 is 10.2 Å². The number of anilines is 2. The third-order valence-electron chi connectivity index (χ3n) is 4.27. The van der Waals surface area contributed by atoms with Crippen LogP contribution in [-0.2, 0) is 24.2 Å². The van der Waals surface area contributed by atoms with Gasteiger partial charge in [0.05, 0.1) is 12.2 Å². The van der Waals surface area contributed by atoms with Crippen LogP contribution in [0.2, 0.25) is 4.47 Å². The molecule has 0 aliphatic carbocycles. The van der Waals surface area contributed by atoms with E-state index in [0.717, 1.165) is 42.9 Å². The Kier molecular flexibility index (Phi) is 3.54. The van der Waals surface area contributed by atoms with Gasteiger partial charge in [-0.15, -0.1) is 11.3 Å². The van der Waals surface area contributed by atoms with Gasteiger partial charge >= 0.3 is 0 Å². The number of halogens is 1. The molecule has 2 aromatic rings. The molecule has 1 aromatic heterocycles. The van der Waals surface area contributed by atoms with Gasteiger partial charge in [-0.3, -0.25) is 4.79 Å². The molecule has 2 aliphatic rings. The van der Waals surface area contributed by atoms with Gasteiger partial charge in [-0.25, -0.2) is 4.98 Å². The van der Waals surface area contributed by atoms with Crippen molar-refractivity contribution >= 4 is 40.2 Å². The summed E-state index contributed by atoms with van der Waals surface area (Å²) < 4.78 is 0.575. The van der Waals surface area contributed by atoms with E-state index in [0.29, 0.717) is 10.9 Å². The number of rotatable bonds is 3. The lowest BCUT2D eigenvalue weighted by Crippen LogP contribution is -2.39. The number of amides is 1. The molecule has 1 aromatic carbocycles. The molecule has 1 amide bonds. The zero-order chi connectivity index (χ0) is 15.1. The van der Waals surface area contributed by atoms with Crippen molar-refractivity contribution in [3.05, 3.63) is 38.8 Å². The summed E-state index contributed by atoms with van der Waals surface area (Å²) in [6, 6.07) is 4.37. The van der Waals surface area contributed by atoms with Crippen molar-refractivity contribution in [2.75, 3.05) is 16.8 Å². The third kappa shape index (κ3) is 2.48. The number of carbonyl (C=O) groups excluding carboxylic acids is 1. The normalized spacial score (nSPS) is 16.6. The lowest BCUT2D eigenvalue weighted by atomic mass is 9.91. The predicted octanol–water partition coefficient (Wildman–Crippen LogP) is 3.63. The summed E-state index contributed by atoms with van der Waals surface area (Å²) in [7, 11) is 0. The molecule has 0 saturated carbocycles. The van der Waals surface area contributed by atoms with Crippen molar-refractivity contribution in [2.45, 2.75) is 32.2 Å². The average Bonchev–Trinajstić information content (AvgIpc) is 2.94. The maximum atomic E-state index is 12.1. The number of aromatic nitrogens is 1. The SMILES string of the molecule is O=C1CCc2cc(NCc3cnc(Cl)s3)cc3c2N1CCC3. The van der Waals surface area contributed by atoms with Crippen molar-refractivity contribution in [1.29, 1.82) is 0 Å². The smallest absolute Gasteiger partial charge is 0.227 e. The number of thiazole rings is 1. The largest absolute Gasteiger partial charge is 0.380 e. The van der Waals surface area contributed by atoms with E-state index in [1.54, 1.807) is 0 Å². The number of aryl methyl sites for hydroxylation is 2. The van der Waals surface area contributed by atoms with Crippen LogP contribution < -0.4 is 10.2 Å². The van der Waals surface area contributed by atoms with Crippen LogP contribution in [0.25, 0.3) is 0 Å². The van der Waals surface area contributed by atoms with Gasteiger partial charge in [0.25, 0.3) is 0 Å². The van der Waals surface area contributed by atoms with E-state index in [-0.39, 0.29) is 5.91 Å². The first-order chi connectivity index (χ1) is 10.7. The quantitative estimate of drug-likeness (QED) is 0.932. The second kappa shape index (κ2) is 5.56. The molecule has 0 unspecified atom stereocenters. The lowest BCUT2D eigenvalue weighted by molar-refractivity contribution is -0.119. The topological polar surface area (TPSA) is 45.2 Å². The van der Waals surface area contributed by atoms with Crippen molar-refractivity contribution in [3.8, 4) is 0 Å². The van der Waals surface area contributed by atoms with Gasteiger partial charge in [0.15, 0.2) is 4.47 Å². The summed E-state index contributed by atoms with van der Waals surface area (Å²) >= 11 is 7.36. The maximum absolute atomic E-state index is 12.1. The number of nitrogens with one attached hydrogen (secondary N) is 1. The Morgan fingerprint density at radius 2 is 2.09 bits per heavy atom. The van der Waals surface area contributed by atoms with E-state index in [1.807, 2.05) is 11.1 Å². The number of benzene rings is 1. The van der Waals surface area contributed by atoms with Crippen LogP contribution in [0.3, 0.4) is 0 Å². The first-order valence-corrected chi connectivity index (χ1v) is 8.70. The minimum atomic E-state index is 0.272. The molecular formula is C16H16ClN3OS. The molecule has 0 atom stereocenters. The van der Waals surface area contributed by atoms with Crippen LogP contribution in [0.4, 0.5) is 11.4 Å². The molecule has 0 radical (unpaired) electrons. The van der Waals surface area contributed by atoms with Gasteiger partial charge in [0.1, 0.15) is 0 Å². The van der Waals surface area contributed by atoms with Crippen molar-refractivity contribution in [3.63, 3.8) is 0 Å². The van der Waals surface area contributed by atoms with E-state index < -0.39 is 0 Å². The van der Waals surface area contributed by atoms with E-state index in [9.17, 15) is 4.79 Å². The molecular weight excluding hydrogens is 318 g/mol. The van der Waals surface area contributed by atoms with Crippen LogP contribution >= 0.6 is 22.9 Å². The van der Waals surface area contributed by atoms with Crippen LogP contribution in [0.1, 0.15) is 28.8 Å². The molecule has 4 nitrogen and oxygen atoms in total. The van der Waals surface area contributed by atoms with Gasteiger partial charge in [0, 0.05) is 29.7 Å². The molecule has 6 heteroatoms. The molecule has 114 valence electrons. The maximum Gasteiger partial charge on any atom is 0.227 e. The Balaban J connectivity index is 1.61. The summed E-state index contributed by atoms with van der Waals surface area (Å²) in [6.07, 6.45) is 5.38. The summed E-state index contributed by atoms with van der Waals surface area (Å²) in [5, 5.41) is 3.46. The lowest BCUT2D eigenvalue weighted by Gasteiger charge is -2.35. The second-order valence-electron chi connectivity index (χ2n) is 5.73. The Hall–Kier alpha value is -1.59. The standard InChI is InChI=1S/C16H16ClN3OS/c17-16-19-9-13(22-16)8-18-12-6-10-2-1-5-20-14(21)4-3-11(7-12)15(10)20/h6-7,9,18H,1-5,8H2. The van der Waals surface area contributed by atoms with E-state index in [4.69, 9.17) is 11.6 Å². The molecule has 3 heterocycles. The summed E-state index contributed by atoms with van der Waals surface area (Å²) in [4.78, 5) is 19.2. The van der Waals surface area contributed by atoms with E-state index in [1.165, 1.54) is 28.2 Å². The highest BCUT2D eigenvalue weighted by molar-refractivity contribution is 7.15. The fourth-order valence-corrected chi connectivity index (χ4v) is 4.23. The second-order valence-corrected chi connectivity index (χ2v) is 7.42. The molecule has 22 heavy (non-hydrogen) atoms. The fraction of sp³-hybridized carbons (Fsp3) is 0.375. The summed E-state index contributed by atoms with van der Waals surface area (Å²) in [6.45, 7) is 1.59. The molecule has 2 aliphatic heterocycles. The molecule has 0 bridgehead atoms. The molecule has 0 spiro atoms. The summed E-state index contributed by atoms with van der Waals surface area (Å²) in [5.74, 6) is 0.272. The molecule has 0 fully saturated rings. The van der Waals surface area contributed by atoms with Crippen LogP contribution in [0.5, 0.6) is 0 Å². The Morgan fingerprint density at radius 3 is 2.86 bits per heavy atom. The molecule has 1 N–H and O–H groups in total. The zero-order valence-electron chi connectivity index (χ0n) is 12.1. The fourth-order valence-electron chi connectivity index (χ4n) is 3.31. The molecule has 4 rings (SSSR count). The number of carbonyl (C=O) groups is 1. The highest BCUT2D eigenvalue weighted by atomic mass is 35.5. The van der Waals surface area contributed by atoms with Crippen LogP contribution in [0, 0.1) is 0 Å². The van der Waals surface area contributed by atoms with Crippen molar-refractivity contribution in [1.82, 2.24) is 4.98 Å². The van der Waals surface area contributed by atoms with Crippen molar-refractivity contribution in [2.24, 2.45) is 0 Å². The minimum absolute atomic E-state index is 0.272. The van der Waals surface area contributed by atoms with E-state index >= 15 is 0 Å². The third-order valence-corrected chi connectivity index (χ3v) is 5.38. The van der Waals surface area contributed by atoms with Gasteiger partial charge in [-0.2, -0.15) is 0 Å². The first-order valence-electron chi connectivity index (χ1n) is 7.51. The first kappa shape index (κ1) is 14.0. The highest BCUT2D eigenvalue weighted by Gasteiger charge is 2.29. The summed E-state index contributed by atoms with van der Waals surface area (Å²) in [5.41, 5.74) is 4.88.